The predicted octanol–water partition coefficient (Wildman–Crippen LogP) is -1.08. The average molecular weight is 505 g/mol. The molecule has 0 saturated carbocycles. The van der Waals surface area contributed by atoms with Crippen molar-refractivity contribution >= 4 is 15.2 Å². The summed E-state index contributed by atoms with van der Waals surface area (Å²) in [6.45, 7) is 7.72. The van der Waals surface area contributed by atoms with Gasteiger partial charge in [0.15, 0.2) is 0 Å². The highest BCUT2D eigenvalue weighted by molar-refractivity contribution is 7.52. The van der Waals surface area contributed by atoms with Crippen LogP contribution in [0.15, 0.2) is 0 Å². The van der Waals surface area contributed by atoms with Crippen LogP contribution in [-0.2, 0) is 9.13 Å². The van der Waals surface area contributed by atoms with E-state index in [9.17, 15) is 18.9 Å². The average Bonchev–Trinajstić information content (AvgIpc) is 2.70. The summed E-state index contributed by atoms with van der Waals surface area (Å²) in [5.41, 5.74) is 5.39. The summed E-state index contributed by atoms with van der Waals surface area (Å²) in [4.78, 5) is 36.7. The minimum absolute atomic E-state index is 0.105. The van der Waals surface area contributed by atoms with Gasteiger partial charge in [0, 0.05) is 71.6 Å². The largest absolute Gasteiger partial charge is 0.342 e. The van der Waals surface area contributed by atoms with Gasteiger partial charge in [-0.15, -0.1) is 0 Å². The second-order valence-corrected chi connectivity index (χ2v) is 11.4. The molecule has 194 valence electrons. The second kappa shape index (κ2) is 20.4. The quantitative estimate of drug-likeness (QED) is 0.0563. The van der Waals surface area contributed by atoms with Crippen LogP contribution in [0.4, 0.5) is 0 Å². The van der Waals surface area contributed by atoms with Gasteiger partial charge < -0.3 is 51.9 Å². The summed E-state index contributed by atoms with van der Waals surface area (Å²) in [5, 5.41) is 16.0. The first-order valence-corrected chi connectivity index (χ1v) is 15.0. The van der Waals surface area contributed by atoms with E-state index in [0.29, 0.717) is 45.3 Å². The first-order valence-electron chi connectivity index (χ1n) is 11.5. The molecule has 0 bridgehead atoms. The number of rotatable bonds is 24. The van der Waals surface area contributed by atoms with E-state index in [1.165, 1.54) is 0 Å². The Kier molecular flexibility index (Phi) is 20.5. The van der Waals surface area contributed by atoms with Crippen molar-refractivity contribution < 1.29 is 28.7 Å². The van der Waals surface area contributed by atoms with Gasteiger partial charge in [-0.05, 0) is 12.8 Å². The van der Waals surface area contributed by atoms with Crippen LogP contribution < -0.4 is 32.3 Å². The Bertz CT molecular complexity index is 522. The highest BCUT2D eigenvalue weighted by Crippen LogP contribution is 2.42. The summed E-state index contributed by atoms with van der Waals surface area (Å²) in [5.74, 6) is -0.858. The lowest BCUT2D eigenvalue weighted by Gasteiger charge is -2.20. The van der Waals surface area contributed by atoms with Gasteiger partial charge in [0.1, 0.15) is 5.78 Å². The zero-order valence-electron chi connectivity index (χ0n) is 19.2. The van der Waals surface area contributed by atoms with Crippen molar-refractivity contribution in [2.24, 2.45) is 5.73 Å². The summed E-state index contributed by atoms with van der Waals surface area (Å²) in [6, 6.07) is 0. The standard InChI is InChI=1S/C18H46N6O6P2/c19-7-8-20-9-10-21-11-12-22-13-14-23-15-16-24-18(32(28,29)30)6-4-2-1-3-5-17-31(25,26)27/h18,20-24H,1-17,19H2,(H2,25,26,27)(H2,28,29,30). The zero-order valence-corrected chi connectivity index (χ0v) is 21.0. The van der Waals surface area contributed by atoms with Gasteiger partial charge in [-0.25, -0.2) is 0 Å². The van der Waals surface area contributed by atoms with Gasteiger partial charge >= 0.3 is 15.2 Å². The minimum atomic E-state index is -4.22. The van der Waals surface area contributed by atoms with E-state index < -0.39 is 21.0 Å². The molecule has 0 fully saturated rings. The van der Waals surface area contributed by atoms with Gasteiger partial charge in [0.05, 0.1) is 0 Å². The lowest BCUT2D eigenvalue weighted by atomic mass is 10.1. The molecule has 0 amide bonds. The third kappa shape index (κ3) is 23.2. The third-order valence-corrected chi connectivity index (χ3v) is 6.92. The van der Waals surface area contributed by atoms with E-state index in [2.05, 4.69) is 26.6 Å². The zero-order chi connectivity index (χ0) is 24.1. The molecule has 0 heterocycles. The molecule has 1 unspecified atom stereocenters. The van der Waals surface area contributed by atoms with Crippen LogP contribution in [0.2, 0.25) is 0 Å². The lowest BCUT2D eigenvalue weighted by molar-refractivity contribution is 0.338. The predicted molar refractivity (Wildman–Crippen MR) is 129 cm³/mol. The molecule has 0 aromatic rings. The highest BCUT2D eigenvalue weighted by Gasteiger charge is 2.27. The molecule has 1 atom stereocenters. The van der Waals surface area contributed by atoms with Gasteiger partial charge in [-0.2, -0.15) is 0 Å². The van der Waals surface area contributed by atoms with Crippen molar-refractivity contribution in [3.8, 4) is 0 Å². The van der Waals surface area contributed by atoms with E-state index in [0.717, 1.165) is 58.7 Å². The maximum atomic E-state index is 11.7. The number of hydrogen-bond acceptors (Lipinski definition) is 8. The normalized spacial score (nSPS) is 13.5. The molecule has 0 saturated heterocycles. The maximum Gasteiger partial charge on any atom is 0.342 e. The van der Waals surface area contributed by atoms with Crippen molar-refractivity contribution in [2.45, 2.75) is 44.3 Å². The Morgan fingerprint density at radius 2 is 1.06 bits per heavy atom. The Balaban J connectivity index is 3.62. The van der Waals surface area contributed by atoms with Crippen LogP contribution in [0, 0.1) is 0 Å². The van der Waals surface area contributed by atoms with Crippen molar-refractivity contribution in [3.63, 3.8) is 0 Å². The molecular formula is C18H46N6O6P2. The highest BCUT2D eigenvalue weighted by atomic mass is 31.2. The third-order valence-electron chi connectivity index (χ3n) is 4.77. The fourth-order valence-corrected chi connectivity index (χ4v) is 4.56. The first kappa shape index (κ1) is 32.1. The van der Waals surface area contributed by atoms with Crippen molar-refractivity contribution in [2.75, 3.05) is 71.6 Å². The van der Waals surface area contributed by atoms with Gasteiger partial charge in [-0.1, -0.05) is 25.7 Å². The molecule has 0 aliphatic rings. The number of nitrogens with two attached hydrogens (primary N) is 1. The van der Waals surface area contributed by atoms with Crippen molar-refractivity contribution in [1.29, 1.82) is 0 Å². The van der Waals surface area contributed by atoms with E-state index in [4.69, 9.17) is 15.5 Å². The molecule has 0 aliphatic carbocycles. The Morgan fingerprint density at radius 3 is 1.53 bits per heavy atom. The monoisotopic (exact) mass is 504 g/mol. The molecule has 12 nitrogen and oxygen atoms in total. The van der Waals surface area contributed by atoms with Crippen molar-refractivity contribution in [3.05, 3.63) is 0 Å². The van der Waals surface area contributed by atoms with E-state index in [1.54, 1.807) is 0 Å². The SMILES string of the molecule is NCCNCCNCCNCCNCCNC(CCCCCCCP(=O)(O)O)P(=O)(O)O. The molecule has 0 aliphatic heterocycles. The van der Waals surface area contributed by atoms with Gasteiger partial charge in [-0.3, -0.25) is 9.13 Å². The molecule has 11 N–H and O–H groups in total. The van der Waals surface area contributed by atoms with Gasteiger partial charge in [0.2, 0.25) is 0 Å². The molecular weight excluding hydrogens is 458 g/mol. The summed E-state index contributed by atoms with van der Waals surface area (Å²) in [7, 11) is -8.14. The topological polar surface area (TPSA) is 201 Å². The van der Waals surface area contributed by atoms with Crippen LogP contribution in [0.25, 0.3) is 0 Å². The molecule has 0 aromatic heterocycles. The number of hydrogen-bond donors (Lipinski definition) is 10. The van der Waals surface area contributed by atoms with Crippen LogP contribution in [0.1, 0.15) is 38.5 Å². The van der Waals surface area contributed by atoms with Crippen LogP contribution in [0.5, 0.6) is 0 Å². The summed E-state index contributed by atoms with van der Waals surface area (Å²) in [6.07, 6.45) is 3.68. The van der Waals surface area contributed by atoms with E-state index in [1.807, 2.05) is 0 Å². The smallest absolute Gasteiger partial charge is 0.329 e. The van der Waals surface area contributed by atoms with Crippen LogP contribution in [-0.4, -0.2) is 97.0 Å². The fourth-order valence-electron chi connectivity index (χ4n) is 3.03. The Morgan fingerprint density at radius 1 is 0.625 bits per heavy atom. The Hall–Kier alpha value is 0.0600. The van der Waals surface area contributed by atoms with E-state index in [-0.39, 0.29) is 6.16 Å². The molecule has 0 radical (unpaired) electrons. The van der Waals surface area contributed by atoms with Crippen molar-refractivity contribution in [1.82, 2.24) is 26.6 Å². The van der Waals surface area contributed by atoms with Crippen LogP contribution >= 0.6 is 15.2 Å². The van der Waals surface area contributed by atoms with Crippen LogP contribution in [0.3, 0.4) is 0 Å². The molecule has 0 spiro atoms. The summed E-state index contributed by atoms with van der Waals surface area (Å²) >= 11 is 0. The molecule has 32 heavy (non-hydrogen) atoms. The van der Waals surface area contributed by atoms with E-state index >= 15 is 0 Å². The summed E-state index contributed by atoms with van der Waals surface area (Å²) < 4.78 is 22.4. The van der Waals surface area contributed by atoms with Gasteiger partial charge in [0.25, 0.3) is 0 Å². The molecule has 0 aromatic carbocycles. The molecule has 0 rings (SSSR count). The maximum absolute atomic E-state index is 11.7. The molecule has 14 heteroatoms. The number of unbranched alkanes of at least 4 members (excludes halogenated alkanes) is 4. The minimum Gasteiger partial charge on any atom is -0.329 e. The fraction of sp³-hybridized carbons (Fsp3) is 1.00. The Labute approximate surface area is 192 Å². The first-order chi connectivity index (χ1) is 15.2. The second-order valence-electron chi connectivity index (χ2n) is 7.79. The number of nitrogens with one attached hydrogen (secondary N) is 5. The lowest BCUT2D eigenvalue weighted by Crippen LogP contribution is -2.38.